The van der Waals surface area contributed by atoms with Gasteiger partial charge in [0.2, 0.25) is 0 Å². The molecule has 1 saturated carbocycles. The number of rotatable bonds is 9. The number of nitrogens with one attached hydrogen (secondary N) is 1. The Balaban J connectivity index is 2.03. The molecule has 2 amide bonds. The lowest BCUT2D eigenvalue weighted by Gasteiger charge is -2.47. The summed E-state index contributed by atoms with van der Waals surface area (Å²) >= 11 is 5.54. The third kappa shape index (κ3) is 6.52. The second kappa shape index (κ2) is 11.8. The molecule has 0 unspecified atom stereocenters. The van der Waals surface area contributed by atoms with Crippen molar-refractivity contribution in [2.45, 2.75) is 56.2 Å². The summed E-state index contributed by atoms with van der Waals surface area (Å²) in [6.45, 7) is 6.11. The third-order valence-electron chi connectivity index (χ3n) is 6.88. The lowest BCUT2D eigenvalue weighted by atomic mass is 9.71. The standard InChI is InChI=1S/C25H29ClF4N4O4/c1-23(16(12-31-2)13-32-3,22(36)33-17-8-10-24(11-9-17)14-37-15-24)34(21(35)20(26)27)18-4-6-19(7-5-18)38-25(28,29)30/h4-7,12-13,17,20H,2,8-11,14-15H2,1,3H3,(H,33,36)/b16-12+,32-13?/t20-,23+/m0/s1. The predicted molar refractivity (Wildman–Crippen MR) is 135 cm³/mol. The van der Waals surface area contributed by atoms with Crippen LogP contribution in [0.1, 0.15) is 32.6 Å². The van der Waals surface area contributed by atoms with Crippen molar-refractivity contribution in [3.63, 3.8) is 0 Å². The number of ether oxygens (including phenoxy) is 2. The molecule has 13 heteroatoms. The molecular weight excluding hydrogens is 532 g/mol. The van der Waals surface area contributed by atoms with Gasteiger partial charge in [-0.2, -0.15) is 0 Å². The molecule has 1 aliphatic carbocycles. The molecule has 0 radical (unpaired) electrons. The smallest absolute Gasteiger partial charge is 0.406 e. The Labute approximate surface area is 222 Å². The molecule has 1 aliphatic heterocycles. The molecule has 1 aromatic rings. The number of carbonyl (C=O) groups excluding carboxylic acids is 2. The van der Waals surface area contributed by atoms with Crippen molar-refractivity contribution in [2.75, 3.05) is 25.2 Å². The quantitative estimate of drug-likeness (QED) is 0.272. The van der Waals surface area contributed by atoms with E-state index in [1.54, 1.807) is 0 Å². The Morgan fingerprint density at radius 1 is 1.26 bits per heavy atom. The Morgan fingerprint density at radius 3 is 2.32 bits per heavy atom. The first-order valence-electron chi connectivity index (χ1n) is 11.8. The van der Waals surface area contributed by atoms with Gasteiger partial charge in [0, 0.05) is 42.2 Å². The molecule has 2 fully saturated rings. The van der Waals surface area contributed by atoms with E-state index in [0.29, 0.717) is 26.1 Å². The normalized spacial score (nSPS) is 20.3. The number of aliphatic imine (C=N–C) groups is 2. The van der Waals surface area contributed by atoms with Gasteiger partial charge in [-0.3, -0.25) is 24.5 Å². The zero-order chi connectivity index (χ0) is 28.1. The first-order chi connectivity index (χ1) is 17.8. The zero-order valence-corrected chi connectivity index (χ0v) is 21.7. The summed E-state index contributed by atoms with van der Waals surface area (Å²) in [4.78, 5) is 35.5. The van der Waals surface area contributed by atoms with E-state index in [1.807, 2.05) is 0 Å². The van der Waals surface area contributed by atoms with Crippen molar-refractivity contribution in [2.24, 2.45) is 15.4 Å². The minimum absolute atomic E-state index is 0.0634. The molecular formula is C25H29ClF4N4O4. The summed E-state index contributed by atoms with van der Waals surface area (Å²) in [5.74, 6) is -2.57. The number of alkyl halides is 5. The lowest BCUT2D eigenvalue weighted by molar-refractivity contribution is -0.274. The number of amides is 2. The third-order valence-corrected chi connectivity index (χ3v) is 7.07. The van der Waals surface area contributed by atoms with Gasteiger partial charge < -0.3 is 14.8 Å². The highest BCUT2D eigenvalue weighted by molar-refractivity contribution is 6.32. The van der Waals surface area contributed by atoms with Crippen molar-refractivity contribution in [1.29, 1.82) is 0 Å². The Kier molecular flexibility index (Phi) is 9.19. The van der Waals surface area contributed by atoms with E-state index < -0.39 is 35.1 Å². The zero-order valence-electron chi connectivity index (χ0n) is 20.9. The Bertz CT molecular complexity index is 1080. The molecule has 8 nitrogen and oxygen atoms in total. The first-order valence-corrected chi connectivity index (χ1v) is 12.2. The van der Waals surface area contributed by atoms with Gasteiger partial charge >= 0.3 is 6.36 Å². The lowest BCUT2D eigenvalue weighted by Crippen LogP contribution is -2.63. The van der Waals surface area contributed by atoms with Gasteiger partial charge in [-0.05, 0) is 63.6 Å². The molecule has 3 rings (SSSR count). The van der Waals surface area contributed by atoms with E-state index in [0.717, 1.165) is 42.0 Å². The van der Waals surface area contributed by atoms with Crippen LogP contribution in [-0.2, 0) is 14.3 Å². The van der Waals surface area contributed by atoms with E-state index in [9.17, 15) is 27.2 Å². The summed E-state index contributed by atoms with van der Waals surface area (Å²) in [6, 6.07) is 3.82. The Hall–Kier alpha value is -2.99. The maximum atomic E-state index is 14.3. The van der Waals surface area contributed by atoms with Crippen LogP contribution in [0.25, 0.3) is 0 Å². The SMILES string of the molecule is C=N/C=C(\C=NC)[C@](C)(C(=O)NC1CCC2(CC1)COC2)N(C(=O)[C@H](F)Cl)c1ccc(OC(F)(F)F)cc1. The summed E-state index contributed by atoms with van der Waals surface area (Å²) in [7, 11) is 1.42. The average Bonchev–Trinajstić information content (AvgIpc) is 2.83. The van der Waals surface area contributed by atoms with Crippen LogP contribution >= 0.6 is 11.6 Å². The van der Waals surface area contributed by atoms with Crippen LogP contribution in [0, 0.1) is 5.41 Å². The van der Waals surface area contributed by atoms with Gasteiger partial charge in [-0.25, -0.2) is 4.39 Å². The van der Waals surface area contributed by atoms with Crippen molar-refractivity contribution < 1.29 is 36.6 Å². The number of benzene rings is 1. The molecule has 0 bridgehead atoms. The number of hydrogen-bond donors (Lipinski definition) is 1. The van der Waals surface area contributed by atoms with Crippen molar-refractivity contribution >= 4 is 42.0 Å². The van der Waals surface area contributed by atoms with Gasteiger partial charge in [-0.1, -0.05) is 11.6 Å². The van der Waals surface area contributed by atoms with E-state index in [2.05, 4.69) is 26.8 Å². The minimum atomic E-state index is -4.95. The van der Waals surface area contributed by atoms with E-state index in [4.69, 9.17) is 16.3 Å². The maximum Gasteiger partial charge on any atom is 0.573 e. The summed E-state index contributed by atoms with van der Waals surface area (Å²) in [5.41, 5.74) is -4.47. The maximum absolute atomic E-state index is 14.3. The van der Waals surface area contributed by atoms with Gasteiger partial charge in [0.05, 0.1) is 13.2 Å². The largest absolute Gasteiger partial charge is 0.573 e. The predicted octanol–water partition coefficient (Wildman–Crippen LogP) is 4.57. The van der Waals surface area contributed by atoms with Crippen LogP contribution in [0.4, 0.5) is 23.2 Å². The fourth-order valence-electron chi connectivity index (χ4n) is 4.76. The second-order valence-electron chi connectivity index (χ2n) is 9.48. The van der Waals surface area contributed by atoms with Gasteiger partial charge in [-0.15, -0.1) is 13.2 Å². The average molecular weight is 561 g/mol. The fourth-order valence-corrected chi connectivity index (χ4v) is 4.86. The van der Waals surface area contributed by atoms with E-state index in [-0.39, 0.29) is 22.7 Å². The molecule has 208 valence electrons. The van der Waals surface area contributed by atoms with Crippen LogP contribution in [0.5, 0.6) is 5.75 Å². The van der Waals surface area contributed by atoms with Crippen LogP contribution in [0.2, 0.25) is 0 Å². The number of carbonyl (C=O) groups is 2. The van der Waals surface area contributed by atoms with Crippen molar-refractivity contribution in [3.8, 4) is 5.75 Å². The number of anilines is 1. The Morgan fingerprint density at radius 2 is 1.87 bits per heavy atom. The molecule has 1 aromatic carbocycles. The van der Waals surface area contributed by atoms with Gasteiger partial charge in [0.15, 0.2) is 5.54 Å². The van der Waals surface area contributed by atoms with Gasteiger partial charge in [0.1, 0.15) is 5.75 Å². The van der Waals surface area contributed by atoms with Crippen molar-refractivity contribution in [3.05, 3.63) is 36.0 Å². The molecule has 1 saturated heterocycles. The number of hydrogen-bond acceptors (Lipinski definition) is 6. The van der Waals surface area contributed by atoms with Crippen LogP contribution in [0.3, 0.4) is 0 Å². The highest BCUT2D eigenvalue weighted by Crippen LogP contribution is 2.42. The van der Waals surface area contributed by atoms with Crippen LogP contribution in [-0.4, -0.2) is 68.6 Å². The molecule has 2 atom stereocenters. The monoisotopic (exact) mass is 560 g/mol. The van der Waals surface area contributed by atoms with Gasteiger partial charge in [0.25, 0.3) is 17.4 Å². The first kappa shape index (κ1) is 29.6. The summed E-state index contributed by atoms with van der Waals surface area (Å²) in [6.07, 6.45) is 0.544. The molecule has 1 N–H and O–H groups in total. The molecule has 1 spiro atoms. The minimum Gasteiger partial charge on any atom is -0.406 e. The van der Waals surface area contributed by atoms with Crippen molar-refractivity contribution in [1.82, 2.24) is 5.32 Å². The fraction of sp³-hybridized carbons (Fsp3) is 0.520. The summed E-state index contributed by atoms with van der Waals surface area (Å²) < 4.78 is 61.5. The molecule has 38 heavy (non-hydrogen) atoms. The summed E-state index contributed by atoms with van der Waals surface area (Å²) in [5, 5.41) is 2.95. The van der Waals surface area contributed by atoms with E-state index in [1.165, 1.54) is 26.4 Å². The highest BCUT2D eigenvalue weighted by Gasteiger charge is 2.49. The van der Waals surface area contributed by atoms with Crippen LogP contribution < -0.4 is 15.0 Å². The topological polar surface area (TPSA) is 92.6 Å². The molecule has 0 aromatic heterocycles. The second-order valence-corrected chi connectivity index (χ2v) is 9.87. The van der Waals surface area contributed by atoms with E-state index >= 15 is 0 Å². The molecule has 2 aliphatic rings. The number of nitrogens with zero attached hydrogens (tertiary/aromatic N) is 3. The highest BCUT2D eigenvalue weighted by atomic mass is 35.5. The van der Waals surface area contributed by atoms with Crippen LogP contribution in [0.15, 0.2) is 46.0 Å². The number of halogens is 5. The molecule has 1 heterocycles.